The molecule has 2 nitrogen and oxygen atoms in total. The SMILES string of the molecule is OCC(O)(C=Cc1ccc(Cl)c(Cl)c1)C(F)(F)F. The molecule has 7 heteroatoms. The van der Waals surface area contributed by atoms with Gasteiger partial charge in [0, 0.05) is 0 Å². The third-order valence-corrected chi connectivity index (χ3v) is 2.97. The van der Waals surface area contributed by atoms with Gasteiger partial charge in [0.25, 0.3) is 0 Å². The molecule has 18 heavy (non-hydrogen) atoms. The fraction of sp³-hybridized carbons (Fsp3) is 0.273. The second kappa shape index (κ2) is 5.48. The maximum atomic E-state index is 12.4. The van der Waals surface area contributed by atoms with E-state index in [1.54, 1.807) is 0 Å². The first-order chi connectivity index (χ1) is 8.19. The van der Waals surface area contributed by atoms with Crippen LogP contribution in [-0.2, 0) is 0 Å². The molecule has 100 valence electrons. The van der Waals surface area contributed by atoms with Gasteiger partial charge in [0.2, 0.25) is 5.60 Å². The highest BCUT2D eigenvalue weighted by Gasteiger charge is 2.51. The molecule has 0 aliphatic rings. The average molecular weight is 301 g/mol. The van der Waals surface area contributed by atoms with Gasteiger partial charge in [-0.2, -0.15) is 13.2 Å². The van der Waals surface area contributed by atoms with Crippen LogP contribution in [0, 0.1) is 0 Å². The highest BCUT2D eigenvalue weighted by Crippen LogP contribution is 2.32. The van der Waals surface area contributed by atoms with Gasteiger partial charge in [-0.05, 0) is 23.8 Å². The lowest BCUT2D eigenvalue weighted by Gasteiger charge is -2.24. The highest BCUT2D eigenvalue weighted by molar-refractivity contribution is 6.42. The largest absolute Gasteiger partial charge is 0.423 e. The standard InChI is InChI=1S/C11H9Cl2F3O2/c12-8-2-1-7(5-9(8)13)3-4-10(18,6-17)11(14,15)16/h1-5,17-18H,6H2. The summed E-state index contributed by atoms with van der Waals surface area (Å²) in [4.78, 5) is 0. The predicted octanol–water partition coefficient (Wildman–Crippen LogP) is 3.29. The number of rotatable bonds is 3. The Morgan fingerprint density at radius 2 is 1.78 bits per heavy atom. The zero-order chi connectivity index (χ0) is 14.0. The van der Waals surface area contributed by atoms with E-state index in [1.807, 2.05) is 0 Å². The molecule has 0 saturated heterocycles. The van der Waals surface area contributed by atoms with Crippen LogP contribution in [-0.4, -0.2) is 28.6 Å². The van der Waals surface area contributed by atoms with E-state index in [-0.39, 0.29) is 10.0 Å². The van der Waals surface area contributed by atoms with Gasteiger partial charge in [0.15, 0.2) is 0 Å². The minimum Gasteiger partial charge on any atom is -0.393 e. The summed E-state index contributed by atoms with van der Waals surface area (Å²) in [7, 11) is 0. The molecule has 0 bridgehead atoms. The summed E-state index contributed by atoms with van der Waals surface area (Å²) in [6, 6.07) is 4.18. The fourth-order valence-electron chi connectivity index (χ4n) is 1.09. The molecule has 0 fully saturated rings. The van der Waals surface area contributed by atoms with Gasteiger partial charge >= 0.3 is 6.18 Å². The summed E-state index contributed by atoms with van der Waals surface area (Å²) < 4.78 is 37.3. The minimum atomic E-state index is -4.96. The molecule has 1 atom stereocenters. The fourth-order valence-corrected chi connectivity index (χ4v) is 1.39. The van der Waals surface area contributed by atoms with Crippen LogP contribution in [0.1, 0.15) is 5.56 Å². The van der Waals surface area contributed by atoms with Gasteiger partial charge in [0.1, 0.15) is 0 Å². The Morgan fingerprint density at radius 1 is 1.17 bits per heavy atom. The van der Waals surface area contributed by atoms with Crippen LogP contribution in [0.2, 0.25) is 10.0 Å². The second-order valence-corrected chi connectivity index (χ2v) is 4.40. The molecule has 0 spiro atoms. The van der Waals surface area contributed by atoms with Crippen LogP contribution in [0.5, 0.6) is 0 Å². The molecule has 0 aromatic heterocycles. The van der Waals surface area contributed by atoms with Crippen LogP contribution in [0.25, 0.3) is 6.08 Å². The third-order valence-electron chi connectivity index (χ3n) is 2.23. The zero-order valence-electron chi connectivity index (χ0n) is 8.88. The van der Waals surface area contributed by atoms with Gasteiger partial charge in [-0.3, -0.25) is 0 Å². The van der Waals surface area contributed by atoms with Gasteiger partial charge < -0.3 is 10.2 Å². The van der Waals surface area contributed by atoms with Crippen molar-refractivity contribution in [3.63, 3.8) is 0 Å². The maximum Gasteiger partial charge on any atom is 0.423 e. The van der Waals surface area contributed by atoms with Crippen molar-refractivity contribution in [2.24, 2.45) is 0 Å². The van der Waals surface area contributed by atoms with Crippen molar-refractivity contribution in [2.45, 2.75) is 11.8 Å². The Labute approximate surface area is 111 Å². The molecule has 0 saturated carbocycles. The number of hydrogen-bond acceptors (Lipinski definition) is 2. The first-order valence-electron chi connectivity index (χ1n) is 4.74. The van der Waals surface area contributed by atoms with Gasteiger partial charge in [0.05, 0.1) is 16.7 Å². The Balaban J connectivity index is 3.01. The summed E-state index contributed by atoms with van der Waals surface area (Å²) in [5.41, 5.74) is -2.96. The Morgan fingerprint density at radius 3 is 2.22 bits per heavy atom. The van der Waals surface area contributed by atoms with Crippen molar-refractivity contribution >= 4 is 29.3 Å². The minimum absolute atomic E-state index is 0.179. The molecule has 0 amide bonds. The van der Waals surface area contributed by atoms with Crippen molar-refractivity contribution in [3.05, 3.63) is 39.9 Å². The summed E-state index contributed by atoms with van der Waals surface area (Å²) in [6.45, 7) is -1.46. The van der Waals surface area contributed by atoms with E-state index < -0.39 is 18.4 Å². The monoisotopic (exact) mass is 300 g/mol. The first kappa shape index (κ1) is 15.3. The molecule has 1 unspecified atom stereocenters. The maximum absolute atomic E-state index is 12.4. The van der Waals surface area contributed by atoms with Gasteiger partial charge in [-0.1, -0.05) is 35.3 Å². The number of hydrogen-bond donors (Lipinski definition) is 2. The van der Waals surface area contributed by atoms with Crippen LogP contribution in [0.3, 0.4) is 0 Å². The van der Waals surface area contributed by atoms with Crippen LogP contribution in [0.4, 0.5) is 13.2 Å². The van der Waals surface area contributed by atoms with Crippen LogP contribution < -0.4 is 0 Å². The third kappa shape index (κ3) is 3.38. The van der Waals surface area contributed by atoms with Crippen molar-refractivity contribution in [1.29, 1.82) is 0 Å². The van der Waals surface area contributed by atoms with E-state index >= 15 is 0 Å². The van der Waals surface area contributed by atoms with Crippen LogP contribution in [0.15, 0.2) is 24.3 Å². The van der Waals surface area contributed by atoms with E-state index in [9.17, 15) is 18.3 Å². The lowest BCUT2D eigenvalue weighted by Crippen LogP contribution is -2.46. The average Bonchev–Trinajstić information content (AvgIpc) is 2.28. The van der Waals surface area contributed by atoms with Crippen molar-refractivity contribution in [2.75, 3.05) is 6.61 Å². The quantitative estimate of drug-likeness (QED) is 0.899. The number of alkyl halides is 3. The number of aliphatic hydroxyl groups is 2. The topological polar surface area (TPSA) is 40.5 Å². The smallest absolute Gasteiger partial charge is 0.393 e. The van der Waals surface area contributed by atoms with Crippen molar-refractivity contribution in [1.82, 2.24) is 0 Å². The summed E-state index contributed by atoms with van der Waals surface area (Å²) in [6.07, 6.45) is -3.49. The van der Waals surface area contributed by atoms with E-state index in [2.05, 4.69) is 0 Å². The van der Waals surface area contributed by atoms with Gasteiger partial charge in [-0.25, -0.2) is 0 Å². The molecule has 1 aromatic carbocycles. The summed E-state index contributed by atoms with van der Waals surface area (Å²) in [5.74, 6) is 0. The molecule has 1 aromatic rings. The molecule has 0 aliphatic heterocycles. The molecule has 0 heterocycles. The lowest BCUT2D eigenvalue weighted by atomic mass is 10.0. The Hall–Kier alpha value is -0.750. The van der Waals surface area contributed by atoms with Crippen molar-refractivity contribution in [3.8, 4) is 0 Å². The number of benzene rings is 1. The number of halogens is 5. The molecule has 2 N–H and O–H groups in total. The van der Waals surface area contributed by atoms with E-state index in [0.29, 0.717) is 11.6 Å². The highest BCUT2D eigenvalue weighted by atomic mass is 35.5. The molecular weight excluding hydrogens is 292 g/mol. The molecule has 0 aliphatic carbocycles. The Kier molecular flexibility index (Phi) is 4.66. The molecular formula is C11H9Cl2F3O2. The van der Waals surface area contributed by atoms with E-state index in [0.717, 1.165) is 6.08 Å². The second-order valence-electron chi connectivity index (χ2n) is 3.59. The normalized spacial score (nSPS) is 15.9. The molecule has 0 radical (unpaired) electrons. The number of aliphatic hydroxyl groups excluding tert-OH is 1. The predicted molar refractivity (Wildman–Crippen MR) is 63.6 cm³/mol. The lowest BCUT2D eigenvalue weighted by molar-refractivity contribution is -0.249. The van der Waals surface area contributed by atoms with Crippen LogP contribution >= 0.6 is 23.2 Å². The summed E-state index contributed by atoms with van der Waals surface area (Å²) >= 11 is 11.3. The molecule has 1 rings (SSSR count). The van der Waals surface area contributed by atoms with E-state index in [4.69, 9.17) is 28.3 Å². The first-order valence-corrected chi connectivity index (χ1v) is 5.49. The van der Waals surface area contributed by atoms with Gasteiger partial charge in [-0.15, -0.1) is 0 Å². The summed E-state index contributed by atoms with van der Waals surface area (Å²) in [5, 5.41) is 18.3. The Bertz CT molecular complexity index is 460. The van der Waals surface area contributed by atoms with Crippen molar-refractivity contribution < 1.29 is 23.4 Å². The van der Waals surface area contributed by atoms with E-state index in [1.165, 1.54) is 18.2 Å². The zero-order valence-corrected chi connectivity index (χ0v) is 10.4.